The third-order valence-corrected chi connectivity index (χ3v) is 4.87. The van der Waals surface area contributed by atoms with Crippen LogP contribution in [0.25, 0.3) is 0 Å². The molecule has 0 aromatic heterocycles. The summed E-state index contributed by atoms with van der Waals surface area (Å²) in [4.78, 5) is 11.2. The van der Waals surface area contributed by atoms with Crippen molar-refractivity contribution in [1.29, 1.82) is 0 Å². The Morgan fingerprint density at radius 3 is 2.41 bits per heavy atom. The molecule has 90 valence electrons. The van der Waals surface area contributed by atoms with E-state index in [-0.39, 0.29) is 4.90 Å². The molecule has 1 aromatic rings. The van der Waals surface area contributed by atoms with E-state index in [0.717, 1.165) is 0 Å². The van der Waals surface area contributed by atoms with Gasteiger partial charge in [-0.15, -0.1) is 0 Å². The molecule has 0 N–H and O–H groups in total. The van der Waals surface area contributed by atoms with Crippen molar-refractivity contribution < 1.29 is 17.9 Å². The number of benzene rings is 1. The first-order valence-corrected chi connectivity index (χ1v) is 6.74. The van der Waals surface area contributed by atoms with Gasteiger partial charge in [0.2, 0.25) is 0 Å². The van der Waals surface area contributed by atoms with E-state index >= 15 is 0 Å². The number of sulfone groups is 1. The van der Waals surface area contributed by atoms with Gasteiger partial charge in [0, 0.05) is 6.08 Å². The molecular weight excluding hydrogens is 240 g/mol. The summed E-state index contributed by atoms with van der Waals surface area (Å²) in [5.41, 5.74) is 0. The first-order chi connectivity index (χ1) is 8.01. The monoisotopic (exact) mass is 252 g/mol. The lowest BCUT2D eigenvalue weighted by molar-refractivity contribution is -0.138. The Morgan fingerprint density at radius 1 is 1.24 bits per heavy atom. The highest BCUT2D eigenvalue weighted by Crippen LogP contribution is 2.22. The van der Waals surface area contributed by atoms with Crippen LogP contribution >= 0.6 is 0 Å². The van der Waals surface area contributed by atoms with Crippen molar-refractivity contribution in [3.05, 3.63) is 42.5 Å². The molecule has 2 rings (SSSR count). The fraction of sp³-hybridized carbons (Fsp3) is 0.250. The van der Waals surface area contributed by atoms with Crippen molar-refractivity contribution in [2.45, 2.75) is 23.2 Å². The lowest BCUT2D eigenvalue weighted by Crippen LogP contribution is -2.31. The second kappa shape index (κ2) is 4.33. The third kappa shape index (κ3) is 2.24. The van der Waals surface area contributed by atoms with E-state index in [9.17, 15) is 13.2 Å². The zero-order valence-electron chi connectivity index (χ0n) is 9.24. The van der Waals surface area contributed by atoms with Crippen LogP contribution in [-0.2, 0) is 19.4 Å². The minimum absolute atomic E-state index is 0.240. The third-order valence-electron chi connectivity index (χ3n) is 2.70. The van der Waals surface area contributed by atoms with Gasteiger partial charge in [-0.25, -0.2) is 13.2 Å². The molecule has 2 atom stereocenters. The number of cyclic esters (lactones) is 1. The van der Waals surface area contributed by atoms with Gasteiger partial charge in [0.1, 0.15) is 11.4 Å². The van der Waals surface area contributed by atoms with Crippen molar-refractivity contribution in [1.82, 2.24) is 0 Å². The smallest absolute Gasteiger partial charge is 0.331 e. The summed E-state index contributed by atoms with van der Waals surface area (Å²) >= 11 is 0. The van der Waals surface area contributed by atoms with Gasteiger partial charge in [-0.2, -0.15) is 0 Å². The highest BCUT2D eigenvalue weighted by Gasteiger charge is 2.33. The molecule has 0 amide bonds. The molecule has 0 saturated carbocycles. The lowest BCUT2D eigenvalue weighted by atomic mass is 10.3. The van der Waals surface area contributed by atoms with Gasteiger partial charge in [0.05, 0.1) is 4.90 Å². The average Bonchev–Trinajstić information content (AvgIpc) is 2.76. The van der Waals surface area contributed by atoms with Crippen LogP contribution in [0.4, 0.5) is 0 Å². The number of rotatable bonds is 3. The Kier molecular flexibility index (Phi) is 3.02. The Balaban J connectivity index is 2.28. The van der Waals surface area contributed by atoms with Gasteiger partial charge in [-0.1, -0.05) is 18.2 Å². The number of carbonyl (C=O) groups excluding carboxylic acids is 1. The van der Waals surface area contributed by atoms with Crippen molar-refractivity contribution in [2.24, 2.45) is 0 Å². The van der Waals surface area contributed by atoms with Gasteiger partial charge in [-0.05, 0) is 25.1 Å². The quantitative estimate of drug-likeness (QED) is 0.761. The van der Waals surface area contributed by atoms with Crippen molar-refractivity contribution in [3.63, 3.8) is 0 Å². The molecule has 0 spiro atoms. The van der Waals surface area contributed by atoms with Crippen LogP contribution in [0.3, 0.4) is 0 Å². The van der Waals surface area contributed by atoms with E-state index in [1.807, 2.05) is 0 Å². The summed E-state index contributed by atoms with van der Waals surface area (Å²) in [6.45, 7) is 1.54. The first kappa shape index (κ1) is 11.9. The summed E-state index contributed by atoms with van der Waals surface area (Å²) in [5, 5.41) is -0.785. The molecule has 1 aliphatic rings. The lowest BCUT2D eigenvalue weighted by Gasteiger charge is -2.17. The zero-order valence-corrected chi connectivity index (χ0v) is 10.1. The molecule has 5 heteroatoms. The Bertz CT molecular complexity index is 545. The zero-order chi connectivity index (χ0) is 12.5. The molecule has 0 fully saturated rings. The fourth-order valence-corrected chi connectivity index (χ4v) is 3.10. The first-order valence-electron chi connectivity index (χ1n) is 5.19. The van der Waals surface area contributed by atoms with Crippen LogP contribution in [0.1, 0.15) is 6.92 Å². The highest BCUT2D eigenvalue weighted by molar-refractivity contribution is 7.92. The molecule has 0 bridgehead atoms. The normalized spacial score (nSPS) is 21.2. The van der Waals surface area contributed by atoms with Crippen molar-refractivity contribution in [3.8, 4) is 0 Å². The molecule has 17 heavy (non-hydrogen) atoms. The van der Waals surface area contributed by atoms with Gasteiger partial charge >= 0.3 is 5.97 Å². The second-order valence-corrected chi connectivity index (χ2v) is 6.13. The van der Waals surface area contributed by atoms with Crippen LogP contribution in [0.2, 0.25) is 0 Å². The maximum absolute atomic E-state index is 12.2. The largest absolute Gasteiger partial charge is 0.454 e. The summed E-state index contributed by atoms with van der Waals surface area (Å²) in [5.74, 6) is -0.495. The molecular formula is C12H12O4S. The van der Waals surface area contributed by atoms with E-state index in [4.69, 9.17) is 4.74 Å². The van der Waals surface area contributed by atoms with Crippen LogP contribution in [0, 0.1) is 0 Å². The molecule has 0 aliphatic carbocycles. The van der Waals surface area contributed by atoms with E-state index in [2.05, 4.69) is 0 Å². The number of ether oxygens (including phenoxy) is 1. The van der Waals surface area contributed by atoms with Gasteiger partial charge in [0.15, 0.2) is 9.84 Å². The Labute approximate surface area is 99.8 Å². The molecule has 4 nitrogen and oxygen atoms in total. The van der Waals surface area contributed by atoms with E-state index in [0.29, 0.717) is 0 Å². The minimum atomic E-state index is -3.47. The average molecular weight is 252 g/mol. The van der Waals surface area contributed by atoms with Gasteiger partial charge in [0.25, 0.3) is 0 Å². The summed E-state index contributed by atoms with van der Waals surface area (Å²) < 4.78 is 29.3. The van der Waals surface area contributed by atoms with Gasteiger partial charge in [-0.3, -0.25) is 0 Å². The second-order valence-electron chi connectivity index (χ2n) is 3.82. The summed E-state index contributed by atoms with van der Waals surface area (Å²) in [6.07, 6.45) is 2.03. The van der Waals surface area contributed by atoms with Gasteiger partial charge < -0.3 is 4.74 Å². The van der Waals surface area contributed by atoms with Crippen LogP contribution in [0.15, 0.2) is 47.4 Å². The SMILES string of the molecule is CC(C1C=CC(=O)O1)S(=O)(=O)c1ccccc1. The topological polar surface area (TPSA) is 60.4 Å². The van der Waals surface area contributed by atoms with E-state index in [1.54, 1.807) is 18.2 Å². The van der Waals surface area contributed by atoms with Crippen LogP contribution in [-0.4, -0.2) is 25.7 Å². The fourth-order valence-electron chi connectivity index (χ4n) is 1.64. The number of carbonyl (C=O) groups is 1. The maximum Gasteiger partial charge on any atom is 0.331 e. The Morgan fingerprint density at radius 2 is 1.88 bits per heavy atom. The van der Waals surface area contributed by atoms with Crippen molar-refractivity contribution >= 4 is 15.8 Å². The van der Waals surface area contributed by atoms with Crippen LogP contribution < -0.4 is 0 Å². The van der Waals surface area contributed by atoms with E-state index < -0.39 is 27.2 Å². The number of esters is 1. The predicted octanol–water partition coefficient (Wildman–Crippen LogP) is 1.33. The number of hydrogen-bond donors (Lipinski definition) is 0. The molecule has 0 radical (unpaired) electrons. The van der Waals surface area contributed by atoms with E-state index in [1.165, 1.54) is 31.2 Å². The summed E-state index contributed by atoms with van der Waals surface area (Å²) in [7, 11) is -3.47. The highest BCUT2D eigenvalue weighted by atomic mass is 32.2. The maximum atomic E-state index is 12.2. The number of hydrogen-bond acceptors (Lipinski definition) is 4. The standard InChI is InChI=1S/C12H12O4S/c1-9(11-7-8-12(13)16-11)17(14,15)10-5-3-2-4-6-10/h2-9,11H,1H3. The summed E-state index contributed by atoms with van der Waals surface area (Å²) in [6, 6.07) is 8.14. The molecule has 1 aliphatic heterocycles. The molecule has 2 unspecified atom stereocenters. The Hall–Kier alpha value is -1.62. The molecule has 1 aromatic carbocycles. The predicted molar refractivity (Wildman–Crippen MR) is 62.1 cm³/mol. The minimum Gasteiger partial charge on any atom is -0.454 e. The molecule has 1 heterocycles. The molecule has 0 saturated heterocycles. The van der Waals surface area contributed by atoms with Crippen LogP contribution in [0.5, 0.6) is 0 Å². The van der Waals surface area contributed by atoms with Crippen molar-refractivity contribution in [2.75, 3.05) is 0 Å².